The summed E-state index contributed by atoms with van der Waals surface area (Å²) in [5.74, 6) is -0.311. The number of carbonyl (C=O) groups excluding carboxylic acids is 1. The summed E-state index contributed by atoms with van der Waals surface area (Å²) in [5, 5.41) is 0. The quantitative estimate of drug-likeness (QED) is 0.770. The topological polar surface area (TPSA) is 57.8 Å². The molecule has 0 amide bonds. The number of aryl methyl sites for hydroxylation is 1. The Balaban J connectivity index is 1.89. The average Bonchev–Trinajstić information content (AvgIpc) is 2.86. The van der Waals surface area contributed by atoms with E-state index in [1.54, 1.807) is 0 Å². The van der Waals surface area contributed by atoms with Crippen molar-refractivity contribution in [1.29, 1.82) is 0 Å². The fourth-order valence-electron chi connectivity index (χ4n) is 3.52. The van der Waals surface area contributed by atoms with Gasteiger partial charge in [-0.15, -0.1) is 0 Å². The number of aromatic nitrogens is 1. The monoisotopic (exact) mass is 337 g/mol. The number of aromatic amines is 1. The lowest BCUT2D eigenvalue weighted by Gasteiger charge is -2.37. The number of carbonyl (C=O) groups is 1. The van der Waals surface area contributed by atoms with Crippen molar-refractivity contribution in [3.8, 4) is 0 Å². The summed E-state index contributed by atoms with van der Waals surface area (Å²) in [5.41, 5.74) is 2.71. The van der Waals surface area contributed by atoms with Crippen LogP contribution in [0.3, 0.4) is 0 Å². The maximum Gasteiger partial charge on any atom is 0.354 e. The van der Waals surface area contributed by atoms with Crippen LogP contribution in [0.5, 0.6) is 0 Å². The van der Waals surface area contributed by atoms with Crippen LogP contribution in [-0.4, -0.2) is 74.3 Å². The highest BCUT2D eigenvalue weighted by atomic mass is 16.5. The summed E-state index contributed by atoms with van der Waals surface area (Å²) in [6.07, 6.45) is 0. The molecule has 0 spiro atoms. The molecule has 1 N–H and O–H groups in total. The number of hydrogen-bond donors (Lipinski definition) is 1. The molecule has 2 heterocycles. The van der Waals surface area contributed by atoms with Gasteiger partial charge in [-0.1, -0.05) is 13.8 Å². The van der Waals surface area contributed by atoms with Crippen LogP contribution in [0.1, 0.15) is 35.6 Å². The van der Waals surface area contributed by atoms with E-state index in [1.165, 1.54) is 7.11 Å². The van der Waals surface area contributed by atoms with Crippen molar-refractivity contribution in [2.45, 2.75) is 27.3 Å². The molecule has 1 aromatic heterocycles. The normalized spacial score (nSPS) is 16.6. The van der Waals surface area contributed by atoms with E-state index in [0.717, 1.165) is 57.2 Å². The molecule has 1 aliphatic rings. The van der Waals surface area contributed by atoms with Gasteiger partial charge in [-0.05, 0) is 31.0 Å². The van der Waals surface area contributed by atoms with Crippen molar-refractivity contribution < 1.29 is 14.3 Å². The summed E-state index contributed by atoms with van der Waals surface area (Å²) >= 11 is 0. The molecule has 0 radical (unpaired) electrons. The Morgan fingerprint density at radius 1 is 1.42 bits per heavy atom. The molecule has 1 aliphatic heterocycles. The largest absolute Gasteiger partial charge is 0.464 e. The maximum atomic E-state index is 11.7. The highest BCUT2D eigenvalue weighted by Gasteiger charge is 2.25. The smallest absolute Gasteiger partial charge is 0.354 e. The van der Waals surface area contributed by atoms with E-state index in [4.69, 9.17) is 9.47 Å². The maximum absolute atomic E-state index is 11.7. The second kappa shape index (κ2) is 8.14. The minimum atomic E-state index is -0.311. The highest BCUT2D eigenvalue weighted by Crippen LogP contribution is 2.21. The molecule has 0 saturated carbocycles. The average molecular weight is 337 g/mol. The van der Waals surface area contributed by atoms with E-state index in [9.17, 15) is 4.79 Å². The number of morpholine rings is 1. The summed E-state index contributed by atoms with van der Waals surface area (Å²) in [6.45, 7) is 13.1. The summed E-state index contributed by atoms with van der Waals surface area (Å²) in [6, 6.07) is 2.03. The lowest BCUT2D eigenvalue weighted by atomic mass is 9.91. The third-order valence-corrected chi connectivity index (χ3v) is 4.35. The molecule has 1 fully saturated rings. The number of nitrogens with one attached hydrogen (secondary N) is 1. The second-order valence-corrected chi connectivity index (χ2v) is 7.57. The van der Waals surface area contributed by atoms with Gasteiger partial charge in [-0.2, -0.15) is 0 Å². The molecule has 0 aliphatic carbocycles. The SMILES string of the molecule is COC(=O)c1[nH]c(CN(C)CC(C)(C)CN2CCOCC2)cc1C. The predicted molar refractivity (Wildman–Crippen MR) is 94.2 cm³/mol. The Labute approximate surface area is 145 Å². The van der Waals surface area contributed by atoms with E-state index in [1.807, 2.05) is 13.0 Å². The molecule has 1 saturated heterocycles. The first kappa shape index (κ1) is 19.0. The highest BCUT2D eigenvalue weighted by molar-refractivity contribution is 5.89. The van der Waals surface area contributed by atoms with Gasteiger partial charge < -0.3 is 19.4 Å². The van der Waals surface area contributed by atoms with Crippen LogP contribution >= 0.6 is 0 Å². The standard InChI is InChI=1S/C18H31N3O3/c1-14-10-15(19-16(14)17(22)23-5)11-20(4)12-18(2,3)13-21-6-8-24-9-7-21/h10,19H,6-9,11-13H2,1-5H3. The number of nitrogens with zero attached hydrogens (tertiary/aromatic N) is 2. The summed E-state index contributed by atoms with van der Waals surface area (Å²) in [4.78, 5) is 19.7. The number of rotatable bonds is 7. The first-order valence-electron chi connectivity index (χ1n) is 8.56. The Hall–Kier alpha value is -1.37. The van der Waals surface area contributed by atoms with Crippen LogP contribution in [0, 0.1) is 12.3 Å². The number of ether oxygens (including phenoxy) is 2. The molecule has 0 atom stereocenters. The van der Waals surface area contributed by atoms with Gasteiger partial charge in [-0.3, -0.25) is 4.90 Å². The Kier molecular flexibility index (Phi) is 6.43. The van der Waals surface area contributed by atoms with Gasteiger partial charge in [0.2, 0.25) is 0 Å². The zero-order valence-electron chi connectivity index (χ0n) is 15.6. The minimum Gasteiger partial charge on any atom is -0.464 e. The zero-order chi connectivity index (χ0) is 17.7. The Morgan fingerprint density at radius 2 is 2.08 bits per heavy atom. The second-order valence-electron chi connectivity index (χ2n) is 7.57. The van der Waals surface area contributed by atoms with Crippen molar-refractivity contribution in [3.05, 3.63) is 23.0 Å². The number of methoxy groups -OCH3 is 1. The van der Waals surface area contributed by atoms with Gasteiger partial charge in [0.25, 0.3) is 0 Å². The number of hydrogen-bond acceptors (Lipinski definition) is 5. The van der Waals surface area contributed by atoms with Gasteiger partial charge in [0.1, 0.15) is 5.69 Å². The molecule has 0 bridgehead atoms. The lowest BCUT2D eigenvalue weighted by Crippen LogP contribution is -2.45. The molecule has 6 nitrogen and oxygen atoms in total. The molecule has 24 heavy (non-hydrogen) atoms. The summed E-state index contributed by atoms with van der Waals surface area (Å²) in [7, 11) is 3.53. The van der Waals surface area contributed by atoms with Gasteiger partial charge >= 0.3 is 5.97 Å². The Bertz CT molecular complexity index is 548. The van der Waals surface area contributed by atoms with Crippen molar-refractivity contribution in [3.63, 3.8) is 0 Å². The molecule has 0 unspecified atom stereocenters. The molecular formula is C18H31N3O3. The molecule has 136 valence electrons. The Morgan fingerprint density at radius 3 is 2.71 bits per heavy atom. The third kappa shape index (κ3) is 5.33. The van der Waals surface area contributed by atoms with E-state index >= 15 is 0 Å². The van der Waals surface area contributed by atoms with Gasteiger partial charge in [0.15, 0.2) is 0 Å². The first-order chi connectivity index (χ1) is 11.3. The van der Waals surface area contributed by atoms with E-state index in [0.29, 0.717) is 5.69 Å². The van der Waals surface area contributed by atoms with Crippen LogP contribution in [0.2, 0.25) is 0 Å². The summed E-state index contributed by atoms with van der Waals surface area (Å²) < 4.78 is 10.2. The van der Waals surface area contributed by atoms with E-state index in [-0.39, 0.29) is 11.4 Å². The van der Waals surface area contributed by atoms with Crippen molar-refractivity contribution in [2.24, 2.45) is 5.41 Å². The minimum absolute atomic E-state index is 0.193. The van der Waals surface area contributed by atoms with Crippen molar-refractivity contribution in [1.82, 2.24) is 14.8 Å². The molecular weight excluding hydrogens is 306 g/mol. The van der Waals surface area contributed by atoms with Crippen molar-refractivity contribution in [2.75, 3.05) is 53.6 Å². The zero-order valence-corrected chi connectivity index (χ0v) is 15.6. The van der Waals surface area contributed by atoms with Crippen LogP contribution in [0.25, 0.3) is 0 Å². The number of esters is 1. The van der Waals surface area contributed by atoms with E-state index < -0.39 is 0 Å². The van der Waals surface area contributed by atoms with Gasteiger partial charge in [-0.25, -0.2) is 4.79 Å². The van der Waals surface area contributed by atoms with Crippen molar-refractivity contribution >= 4 is 5.97 Å². The molecule has 0 aromatic carbocycles. The number of H-pyrrole nitrogens is 1. The van der Waals surface area contributed by atoms with Crippen LogP contribution < -0.4 is 0 Å². The van der Waals surface area contributed by atoms with Crippen LogP contribution in [0.4, 0.5) is 0 Å². The molecule has 1 aromatic rings. The first-order valence-corrected chi connectivity index (χ1v) is 8.56. The van der Waals surface area contributed by atoms with Gasteiger partial charge in [0, 0.05) is 38.4 Å². The predicted octanol–water partition coefficient (Wildman–Crippen LogP) is 1.90. The fraction of sp³-hybridized carbons (Fsp3) is 0.722. The lowest BCUT2D eigenvalue weighted by molar-refractivity contribution is 0.0160. The third-order valence-electron chi connectivity index (χ3n) is 4.35. The molecule has 6 heteroatoms. The van der Waals surface area contributed by atoms with Crippen LogP contribution in [0.15, 0.2) is 6.07 Å². The van der Waals surface area contributed by atoms with Gasteiger partial charge in [0.05, 0.1) is 20.3 Å². The fourth-order valence-corrected chi connectivity index (χ4v) is 3.52. The molecule has 2 rings (SSSR count). The van der Waals surface area contributed by atoms with Crippen LogP contribution in [-0.2, 0) is 16.0 Å². The van der Waals surface area contributed by atoms with E-state index in [2.05, 4.69) is 35.7 Å².